The number of unbranched alkanes of at least 4 members (excludes halogenated alkanes) is 2. The first kappa shape index (κ1) is 47.7. The van der Waals surface area contributed by atoms with Gasteiger partial charge >= 0.3 is 0 Å². The quantitative estimate of drug-likeness (QED) is 0.0606. The van der Waals surface area contributed by atoms with E-state index < -0.39 is 0 Å². The summed E-state index contributed by atoms with van der Waals surface area (Å²) in [4.78, 5) is 18.7. The van der Waals surface area contributed by atoms with Crippen molar-refractivity contribution in [2.24, 2.45) is 11.8 Å². The molecule has 0 N–H and O–H groups in total. The van der Waals surface area contributed by atoms with E-state index in [2.05, 4.69) is 32.2 Å². The number of hydrogen-bond donors (Lipinski definition) is 0. The maximum Gasteiger partial charge on any atom is 0.168 e. The molecule has 2 unspecified atom stereocenters. The fourth-order valence-electron chi connectivity index (χ4n) is 9.86. The summed E-state index contributed by atoms with van der Waals surface area (Å²) in [6, 6.07) is 23.6. The van der Waals surface area contributed by atoms with Gasteiger partial charge in [-0.15, -0.1) is 0 Å². The number of piperidine rings is 2. The van der Waals surface area contributed by atoms with Crippen LogP contribution in [-0.4, -0.2) is 92.6 Å². The second kappa shape index (κ2) is 22.8. The van der Waals surface area contributed by atoms with Crippen LogP contribution in [0.3, 0.4) is 0 Å². The summed E-state index contributed by atoms with van der Waals surface area (Å²) in [6.07, 6.45) is 9.55. The second-order valence-electron chi connectivity index (χ2n) is 18.3. The van der Waals surface area contributed by atoms with Gasteiger partial charge in [-0.05, 0) is 163 Å². The van der Waals surface area contributed by atoms with Gasteiger partial charge in [0.25, 0.3) is 0 Å². The summed E-state index contributed by atoms with van der Waals surface area (Å²) in [5.41, 5.74) is 5.74. The number of Topliss-reactive ketones (excluding diaryl/α,β-unsaturated/α-hetero) is 1. The molecule has 2 aromatic heterocycles. The van der Waals surface area contributed by atoms with Gasteiger partial charge in [0.1, 0.15) is 5.78 Å². The predicted octanol–water partition coefficient (Wildman–Crippen LogP) is 12.0. The number of aromatic nitrogens is 2. The summed E-state index contributed by atoms with van der Waals surface area (Å²) in [5.74, 6) is 3.59. The van der Waals surface area contributed by atoms with E-state index in [1.54, 1.807) is 14.2 Å². The monoisotopic (exact) mass is 938 g/mol. The largest absolute Gasteiger partial charge is 0.493 e. The Balaban J connectivity index is 0.709. The van der Waals surface area contributed by atoms with Crippen LogP contribution in [0.25, 0.3) is 21.9 Å². The van der Waals surface area contributed by atoms with Gasteiger partial charge in [-0.3, -0.25) is 4.79 Å². The van der Waals surface area contributed by atoms with Gasteiger partial charge < -0.3 is 37.8 Å². The summed E-state index contributed by atoms with van der Waals surface area (Å²) in [7, 11) is 3.33. The molecule has 8 rings (SSSR count). The minimum Gasteiger partial charge on any atom is -0.493 e. The molecule has 0 amide bonds. The number of rotatable bonds is 22. The first-order chi connectivity index (χ1) is 32.1. The summed E-state index contributed by atoms with van der Waals surface area (Å²) in [5, 5.41) is 12.3. The third-order valence-corrected chi connectivity index (χ3v) is 14.1. The molecule has 2 aliphatic rings. The molecule has 0 saturated carbocycles. The highest BCUT2D eigenvalue weighted by atomic mass is 35.5. The third-order valence-electron chi connectivity index (χ3n) is 13.6. The average Bonchev–Trinajstić information content (AvgIpc) is 3.96. The van der Waals surface area contributed by atoms with E-state index in [1.165, 1.54) is 0 Å². The Kier molecular flexibility index (Phi) is 16.5. The number of halogens is 2. The summed E-state index contributed by atoms with van der Waals surface area (Å²) >= 11 is 12.3. The lowest BCUT2D eigenvalue weighted by molar-refractivity contribution is -0.125. The van der Waals surface area contributed by atoms with E-state index in [0.29, 0.717) is 59.4 Å². The van der Waals surface area contributed by atoms with Crippen molar-refractivity contribution >= 4 is 50.9 Å². The van der Waals surface area contributed by atoms with Crippen LogP contribution >= 0.6 is 23.2 Å². The highest BCUT2D eigenvalue weighted by Crippen LogP contribution is 2.36. The minimum atomic E-state index is -0.152. The molecule has 66 heavy (non-hydrogen) atoms. The average molecular weight is 940 g/mol. The lowest BCUT2D eigenvalue weighted by Gasteiger charge is -2.31. The smallest absolute Gasteiger partial charge is 0.168 e. The van der Waals surface area contributed by atoms with Crippen molar-refractivity contribution in [2.75, 3.05) is 66.7 Å². The Morgan fingerprint density at radius 3 is 1.44 bits per heavy atom. The number of ether oxygens (including phenoxy) is 4. The Labute approximate surface area is 398 Å². The van der Waals surface area contributed by atoms with E-state index in [-0.39, 0.29) is 17.6 Å². The van der Waals surface area contributed by atoms with E-state index in [0.717, 1.165) is 147 Å². The van der Waals surface area contributed by atoms with Crippen LogP contribution in [-0.2, 0) is 17.6 Å². The number of ketones is 1. The molecule has 6 aromatic rings. The Morgan fingerprint density at radius 2 is 1.03 bits per heavy atom. The zero-order valence-corrected chi connectivity index (χ0v) is 40.4. The topological polar surface area (TPSA) is 113 Å². The zero-order valence-electron chi connectivity index (χ0n) is 38.9. The highest BCUT2D eigenvalue weighted by molar-refractivity contribution is 6.31. The molecule has 2 saturated heterocycles. The molecule has 13 heteroatoms. The molecule has 0 aliphatic carbocycles. The molecule has 2 fully saturated rings. The maximum atomic E-state index is 13.6. The first-order valence-electron chi connectivity index (χ1n) is 23.8. The van der Waals surface area contributed by atoms with Crippen molar-refractivity contribution in [1.29, 1.82) is 0 Å². The number of fused-ring (bicyclic) bond motifs is 2. The maximum absolute atomic E-state index is 13.6. The molecule has 4 aromatic carbocycles. The predicted molar refractivity (Wildman–Crippen MR) is 261 cm³/mol. The van der Waals surface area contributed by atoms with Crippen molar-refractivity contribution < 1.29 is 32.8 Å². The summed E-state index contributed by atoms with van der Waals surface area (Å²) in [6.45, 7) is 11.5. The molecule has 0 spiro atoms. The Bertz CT molecular complexity index is 2350. The van der Waals surface area contributed by atoms with Crippen LogP contribution in [0.5, 0.6) is 23.0 Å². The van der Waals surface area contributed by atoms with Gasteiger partial charge in [-0.25, -0.2) is 0 Å². The van der Waals surface area contributed by atoms with Gasteiger partial charge in [-0.1, -0.05) is 59.5 Å². The van der Waals surface area contributed by atoms with E-state index in [9.17, 15) is 4.79 Å². The second-order valence-corrected chi connectivity index (χ2v) is 19.2. The number of nitrogens with zero attached hydrogens (tertiary/aromatic N) is 4. The molecule has 2 atom stereocenters. The fraction of sp³-hybridized carbons (Fsp3) is 0.491. The normalized spacial score (nSPS) is 16.5. The first-order valence-corrected chi connectivity index (χ1v) is 24.6. The molecule has 0 bridgehead atoms. The van der Waals surface area contributed by atoms with Crippen molar-refractivity contribution in [3.8, 4) is 23.0 Å². The lowest BCUT2D eigenvalue weighted by atomic mass is 9.87. The van der Waals surface area contributed by atoms with E-state index in [4.69, 9.17) is 51.2 Å². The molecule has 352 valence electrons. The standard InChI is InChI=1S/C53H64Cl2N4O7/c1-35(29-37-9-15-45(49(31-37)61-3)63-27-7-5-21-58-23-17-39(18-24-58)51-43-13-11-41(54)33-47(43)65-56-51)53(60)36(2)30-38-10-16-46(50(32-38)62-4)64-28-8-6-22-59-25-19-40(20-26-59)52-44-14-12-42(55)34-48(44)66-57-52/h9-16,31-36,39-40H,5-8,17-30H2,1-4H3. The van der Waals surface area contributed by atoms with Gasteiger partial charge in [-0.2, -0.15) is 0 Å². The molecule has 0 radical (unpaired) electrons. The number of carbonyl (C=O) groups excluding carboxylic acids is 1. The summed E-state index contributed by atoms with van der Waals surface area (Å²) < 4.78 is 35.0. The van der Waals surface area contributed by atoms with Gasteiger partial charge in [0, 0.05) is 56.6 Å². The van der Waals surface area contributed by atoms with E-state index in [1.807, 2.05) is 74.5 Å². The SMILES string of the molecule is COc1cc(CC(C)C(=O)C(C)Cc2ccc(OCCCCN3CCC(c4noc5cc(Cl)ccc45)CC3)c(OC)c2)ccc1OCCCCN1CCC(c2noc3cc(Cl)ccc23)CC1. The van der Waals surface area contributed by atoms with Crippen molar-refractivity contribution in [2.45, 2.75) is 89.9 Å². The third kappa shape index (κ3) is 12.0. The number of methoxy groups -OCH3 is 2. The number of hydrogen-bond acceptors (Lipinski definition) is 11. The highest BCUT2D eigenvalue weighted by Gasteiger charge is 2.27. The minimum absolute atomic E-state index is 0.152. The van der Waals surface area contributed by atoms with Crippen LogP contribution in [0.15, 0.2) is 81.8 Å². The number of carbonyl (C=O) groups is 1. The van der Waals surface area contributed by atoms with Crippen LogP contribution < -0.4 is 18.9 Å². The molecular formula is C53H64Cl2N4O7. The van der Waals surface area contributed by atoms with Gasteiger partial charge in [0.05, 0.1) is 38.8 Å². The molecule has 4 heterocycles. The van der Waals surface area contributed by atoms with Crippen LogP contribution in [0, 0.1) is 11.8 Å². The van der Waals surface area contributed by atoms with Crippen molar-refractivity contribution in [3.05, 3.63) is 105 Å². The zero-order chi connectivity index (χ0) is 46.0. The molecule has 2 aliphatic heterocycles. The van der Waals surface area contributed by atoms with Crippen molar-refractivity contribution in [1.82, 2.24) is 20.1 Å². The Hall–Kier alpha value is -4.81. The van der Waals surface area contributed by atoms with Crippen LogP contribution in [0.4, 0.5) is 0 Å². The number of benzene rings is 4. The van der Waals surface area contributed by atoms with E-state index >= 15 is 0 Å². The number of likely N-dealkylation sites (tertiary alicyclic amines) is 2. The Morgan fingerprint density at radius 1 is 0.606 bits per heavy atom. The van der Waals surface area contributed by atoms with Crippen molar-refractivity contribution in [3.63, 3.8) is 0 Å². The van der Waals surface area contributed by atoms with Gasteiger partial charge in [0.2, 0.25) is 0 Å². The molecular weight excluding hydrogens is 876 g/mol. The van der Waals surface area contributed by atoms with Gasteiger partial charge in [0.15, 0.2) is 34.2 Å². The molecule has 11 nitrogen and oxygen atoms in total. The van der Waals surface area contributed by atoms with Crippen LogP contribution in [0.1, 0.15) is 99.6 Å². The van der Waals surface area contributed by atoms with Crippen LogP contribution in [0.2, 0.25) is 10.0 Å². The fourth-order valence-corrected chi connectivity index (χ4v) is 10.2. The lowest BCUT2D eigenvalue weighted by Crippen LogP contribution is -2.34.